The number of pyridine rings is 1. The van der Waals surface area contributed by atoms with Crippen molar-refractivity contribution in [2.24, 2.45) is 0 Å². The number of sulfone groups is 1. The molecule has 0 radical (unpaired) electrons. The molecule has 0 unspecified atom stereocenters. The number of methoxy groups -OCH3 is 2. The van der Waals surface area contributed by atoms with Crippen molar-refractivity contribution in [2.45, 2.75) is 44.8 Å². The van der Waals surface area contributed by atoms with Gasteiger partial charge in [0, 0.05) is 18.5 Å². The van der Waals surface area contributed by atoms with Gasteiger partial charge >= 0.3 is 0 Å². The van der Waals surface area contributed by atoms with E-state index < -0.39 is 26.9 Å². The van der Waals surface area contributed by atoms with Gasteiger partial charge < -0.3 is 14.2 Å². The summed E-state index contributed by atoms with van der Waals surface area (Å²) in [6.45, 7) is 7.39. The summed E-state index contributed by atoms with van der Waals surface area (Å²) in [4.78, 5) is 13.2. The van der Waals surface area contributed by atoms with Gasteiger partial charge in [0.2, 0.25) is 0 Å². The molecule has 0 aliphatic heterocycles. The molecule has 2 atom stereocenters. The standard InChI is InChI=1S/C27H32N6O5S/c1-7-38-26(21-15-28-18(3)14-29-21)19(4)39(34,35)16-24-31-32-27(20-11-8-10-17(2)30-20)33(24)25-22(36-5)12-9-13-23(25)37-6/h8-15,19,26H,7,16H2,1-6H3/t19-,26+/m1/s1. The van der Waals surface area contributed by atoms with Gasteiger partial charge in [0.25, 0.3) is 0 Å². The predicted molar refractivity (Wildman–Crippen MR) is 146 cm³/mol. The van der Waals surface area contributed by atoms with E-state index in [2.05, 4.69) is 25.1 Å². The largest absolute Gasteiger partial charge is 0.494 e. The normalized spacial score (nSPS) is 13.2. The van der Waals surface area contributed by atoms with Crippen LogP contribution in [0.5, 0.6) is 11.5 Å². The average Bonchev–Trinajstić information content (AvgIpc) is 3.33. The molecule has 3 heterocycles. The van der Waals surface area contributed by atoms with E-state index in [9.17, 15) is 8.42 Å². The molecular weight excluding hydrogens is 520 g/mol. The minimum Gasteiger partial charge on any atom is -0.494 e. The van der Waals surface area contributed by atoms with Crippen LogP contribution < -0.4 is 9.47 Å². The van der Waals surface area contributed by atoms with E-state index in [1.165, 1.54) is 14.2 Å². The third-order valence-corrected chi connectivity index (χ3v) is 8.28. The first-order chi connectivity index (χ1) is 18.7. The highest BCUT2D eigenvalue weighted by molar-refractivity contribution is 7.91. The van der Waals surface area contributed by atoms with E-state index in [0.29, 0.717) is 41.0 Å². The maximum atomic E-state index is 13.9. The molecule has 12 heteroatoms. The SMILES string of the molecule is CCO[C@H](c1cnc(C)cn1)[C@@H](C)S(=O)(=O)Cc1nnc(-c2cccc(C)n2)n1-c1c(OC)cccc1OC. The van der Waals surface area contributed by atoms with E-state index in [-0.39, 0.29) is 5.82 Å². The maximum Gasteiger partial charge on any atom is 0.187 e. The number of aromatic nitrogens is 6. The topological polar surface area (TPSA) is 131 Å². The van der Waals surface area contributed by atoms with Crippen molar-refractivity contribution in [1.82, 2.24) is 29.7 Å². The minimum absolute atomic E-state index is 0.174. The first-order valence-corrected chi connectivity index (χ1v) is 14.1. The summed E-state index contributed by atoms with van der Waals surface area (Å²) in [6, 6.07) is 10.8. The lowest BCUT2D eigenvalue weighted by atomic mass is 10.2. The number of benzene rings is 1. The van der Waals surface area contributed by atoms with Gasteiger partial charge in [0.15, 0.2) is 21.5 Å². The van der Waals surface area contributed by atoms with Gasteiger partial charge in [-0.25, -0.2) is 13.4 Å². The van der Waals surface area contributed by atoms with E-state index in [1.54, 1.807) is 55.1 Å². The van der Waals surface area contributed by atoms with Crippen molar-refractivity contribution in [3.63, 3.8) is 0 Å². The highest BCUT2D eigenvalue weighted by atomic mass is 32.2. The van der Waals surface area contributed by atoms with Crippen molar-refractivity contribution in [3.05, 3.63) is 71.7 Å². The summed E-state index contributed by atoms with van der Waals surface area (Å²) >= 11 is 0. The Balaban J connectivity index is 1.84. The fourth-order valence-corrected chi connectivity index (χ4v) is 5.62. The van der Waals surface area contributed by atoms with E-state index in [0.717, 1.165) is 11.4 Å². The lowest BCUT2D eigenvalue weighted by Gasteiger charge is -2.23. The second-order valence-corrected chi connectivity index (χ2v) is 11.3. The molecule has 0 amide bonds. The molecule has 4 rings (SSSR count). The third kappa shape index (κ3) is 5.91. The zero-order valence-electron chi connectivity index (χ0n) is 22.8. The van der Waals surface area contributed by atoms with Crippen LogP contribution in [0.1, 0.15) is 42.9 Å². The molecule has 0 N–H and O–H groups in total. The smallest absolute Gasteiger partial charge is 0.187 e. The highest BCUT2D eigenvalue weighted by Crippen LogP contribution is 2.37. The molecule has 0 saturated carbocycles. The molecule has 4 aromatic rings. The zero-order chi connectivity index (χ0) is 28.2. The van der Waals surface area contributed by atoms with Crippen LogP contribution in [0.15, 0.2) is 48.8 Å². The lowest BCUT2D eigenvalue weighted by molar-refractivity contribution is 0.0586. The third-order valence-electron chi connectivity index (χ3n) is 6.23. The first kappa shape index (κ1) is 28.1. The molecular formula is C27H32N6O5S. The Morgan fingerprint density at radius 2 is 1.62 bits per heavy atom. The van der Waals surface area contributed by atoms with Crippen LogP contribution in [0.4, 0.5) is 0 Å². The molecule has 0 bridgehead atoms. The number of nitrogens with zero attached hydrogens (tertiary/aromatic N) is 6. The van der Waals surface area contributed by atoms with Gasteiger partial charge in [-0.2, -0.15) is 0 Å². The van der Waals surface area contributed by atoms with Crippen molar-refractivity contribution in [2.75, 3.05) is 20.8 Å². The fourth-order valence-electron chi connectivity index (χ4n) is 4.22. The van der Waals surface area contributed by atoms with Crippen LogP contribution in [0.2, 0.25) is 0 Å². The summed E-state index contributed by atoms with van der Waals surface area (Å²) in [5, 5.41) is 7.73. The quantitative estimate of drug-likeness (QED) is 0.270. The molecule has 0 fully saturated rings. The van der Waals surface area contributed by atoms with Crippen LogP contribution in [0.3, 0.4) is 0 Å². The van der Waals surface area contributed by atoms with Crippen LogP contribution in [-0.2, 0) is 20.3 Å². The van der Waals surface area contributed by atoms with Crippen molar-refractivity contribution < 1.29 is 22.6 Å². The van der Waals surface area contributed by atoms with Gasteiger partial charge in [-0.15, -0.1) is 10.2 Å². The van der Waals surface area contributed by atoms with Crippen molar-refractivity contribution >= 4 is 9.84 Å². The Labute approximate surface area is 228 Å². The summed E-state index contributed by atoms with van der Waals surface area (Å²) in [7, 11) is -0.800. The Morgan fingerprint density at radius 3 is 2.21 bits per heavy atom. The second-order valence-electron chi connectivity index (χ2n) is 8.92. The molecule has 3 aromatic heterocycles. The molecule has 1 aromatic carbocycles. The number of ether oxygens (including phenoxy) is 3. The van der Waals surface area contributed by atoms with E-state index in [4.69, 9.17) is 14.2 Å². The molecule has 0 saturated heterocycles. The van der Waals surface area contributed by atoms with Gasteiger partial charge in [0.1, 0.15) is 34.7 Å². The van der Waals surface area contributed by atoms with E-state index >= 15 is 0 Å². The summed E-state index contributed by atoms with van der Waals surface area (Å²) in [5.41, 5.74) is 2.93. The monoisotopic (exact) mass is 552 g/mol. The zero-order valence-corrected chi connectivity index (χ0v) is 23.6. The molecule has 39 heavy (non-hydrogen) atoms. The van der Waals surface area contributed by atoms with Gasteiger partial charge in [-0.1, -0.05) is 12.1 Å². The van der Waals surface area contributed by atoms with Crippen LogP contribution in [0, 0.1) is 13.8 Å². The predicted octanol–water partition coefficient (Wildman–Crippen LogP) is 3.83. The lowest BCUT2D eigenvalue weighted by Crippen LogP contribution is -2.30. The summed E-state index contributed by atoms with van der Waals surface area (Å²) in [6.07, 6.45) is 2.32. The minimum atomic E-state index is -3.86. The number of para-hydroxylation sites is 1. The molecule has 206 valence electrons. The van der Waals surface area contributed by atoms with Crippen LogP contribution in [0.25, 0.3) is 17.2 Å². The summed E-state index contributed by atoms with van der Waals surface area (Å²) in [5.74, 6) is 1.00. The van der Waals surface area contributed by atoms with Crippen molar-refractivity contribution in [3.8, 4) is 28.7 Å². The van der Waals surface area contributed by atoms with E-state index in [1.807, 2.05) is 26.0 Å². The number of rotatable bonds is 11. The van der Waals surface area contributed by atoms with Gasteiger partial charge in [-0.05, 0) is 52.0 Å². The maximum absolute atomic E-state index is 13.9. The van der Waals surface area contributed by atoms with Gasteiger partial charge in [-0.3, -0.25) is 14.5 Å². The number of aryl methyl sites for hydroxylation is 2. The highest BCUT2D eigenvalue weighted by Gasteiger charge is 2.35. The number of hydrogen-bond acceptors (Lipinski definition) is 10. The molecule has 0 aliphatic carbocycles. The fraction of sp³-hybridized carbons (Fsp3) is 0.370. The first-order valence-electron chi connectivity index (χ1n) is 12.4. The van der Waals surface area contributed by atoms with Crippen LogP contribution in [-0.4, -0.2) is 64.2 Å². The Kier molecular flexibility index (Phi) is 8.56. The Hall–Kier alpha value is -3.90. The Morgan fingerprint density at radius 1 is 0.923 bits per heavy atom. The molecule has 0 aliphatic rings. The number of hydrogen-bond donors (Lipinski definition) is 0. The van der Waals surface area contributed by atoms with Crippen LogP contribution >= 0.6 is 0 Å². The molecule has 11 nitrogen and oxygen atoms in total. The summed E-state index contributed by atoms with van der Waals surface area (Å²) < 4.78 is 46.5. The van der Waals surface area contributed by atoms with Gasteiger partial charge in [0.05, 0.1) is 37.1 Å². The molecule has 0 spiro atoms. The van der Waals surface area contributed by atoms with Crippen molar-refractivity contribution in [1.29, 1.82) is 0 Å². The average molecular weight is 553 g/mol. The second kappa shape index (κ2) is 11.9. The Bertz CT molecular complexity index is 1520.